The van der Waals surface area contributed by atoms with Crippen molar-refractivity contribution >= 4 is 60.6 Å². The monoisotopic (exact) mass is 616 g/mol. The Morgan fingerprint density at radius 3 is 2.15 bits per heavy atom. The third-order valence-corrected chi connectivity index (χ3v) is 5.23. The topological polar surface area (TPSA) is 151 Å². The summed E-state index contributed by atoms with van der Waals surface area (Å²) in [7, 11) is 0. The number of carbonyl (C=O) groups excluding carboxylic acids is 3. The number of carbonyl (C=O) groups is 3. The number of benzene rings is 2. The zero-order chi connectivity index (χ0) is 26.7. The molecule has 0 saturated carbocycles. The van der Waals surface area contributed by atoms with Crippen LogP contribution >= 0.6 is 37.2 Å². The van der Waals surface area contributed by atoms with Crippen LogP contribution in [0.2, 0.25) is 0 Å². The number of halogens is 6. The van der Waals surface area contributed by atoms with Gasteiger partial charge in [0.2, 0.25) is 17.7 Å². The van der Waals surface area contributed by atoms with Gasteiger partial charge in [-0.05, 0) is 43.5 Å². The summed E-state index contributed by atoms with van der Waals surface area (Å²) in [5.74, 6) is 3.28. The molecule has 0 saturated heterocycles. The Bertz CT molecular complexity index is 1030. The third kappa shape index (κ3) is 13.8. The fourth-order valence-corrected chi connectivity index (χ4v) is 3.36. The second-order valence-corrected chi connectivity index (χ2v) is 8.34. The van der Waals surface area contributed by atoms with E-state index in [2.05, 4.69) is 21.4 Å². The SMILES string of the molecule is CC(CNN)NC(=O)C[C@H](N)C(=O)N[C@@H](CCc1ccccc1)C(=O)Nc1cccc(C(F)(F)F)c1.Cl.Cl.Cl. The van der Waals surface area contributed by atoms with Gasteiger partial charge in [0.15, 0.2) is 0 Å². The summed E-state index contributed by atoms with van der Waals surface area (Å²) in [5.41, 5.74) is 8.20. The molecule has 0 bridgehead atoms. The average molecular weight is 618 g/mol. The van der Waals surface area contributed by atoms with Gasteiger partial charge in [-0.15, -0.1) is 37.2 Å². The second-order valence-electron chi connectivity index (χ2n) is 8.34. The van der Waals surface area contributed by atoms with Crippen molar-refractivity contribution in [2.75, 3.05) is 11.9 Å². The number of hydrogen-bond acceptors (Lipinski definition) is 6. The summed E-state index contributed by atoms with van der Waals surface area (Å²) in [5, 5.41) is 7.58. The largest absolute Gasteiger partial charge is 0.416 e. The minimum absolute atomic E-state index is 0. The van der Waals surface area contributed by atoms with Crippen LogP contribution in [0.25, 0.3) is 0 Å². The van der Waals surface area contributed by atoms with Gasteiger partial charge in [0.1, 0.15) is 6.04 Å². The number of amides is 3. The molecule has 0 fully saturated rings. The molecule has 0 aliphatic rings. The van der Waals surface area contributed by atoms with Crippen molar-refractivity contribution < 1.29 is 27.6 Å². The van der Waals surface area contributed by atoms with E-state index in [1.165, 1.54) is 12.1 Å². The molecule has 220 valence electrons. The smallest absolute Gasteiger partial charge is 0.352 e. The predicted octanol–water partition coefficient (Wildman–Crippen LogP) is 2.71. The quantitative estimate of drug-likeness (QED) is 0.159. The lowest BCUT2D eigenvalue weighted by molar-refractivity contribution is -0.137. The molecule has 2 aromatic rings. The van der Waals surface area contributed by atoms with Crippen LogP contribution in [0.4, 0.5) is 18.9 Å². The first-order valence-electron chi connectivity index (χ1n) is 11.3. The van der Waals surface area contributed by atoms with E-state index in [-0.39, 0.29) is 61.8 Å². The lowest BCUT2D eigenvalue weighted by atomic mass is 10.0. The number of anilines is 1. The summed E-state index contributed by atoms with van der Waals surface area (Å²) in [6, 6.07) is 10.7. The molecule has 3 amide bonds. The molecule has 9 nitrogen and oxygen atoms in total. The van der Waals surface area contributed by atoms with Gasteiger partial charge in [0.05, 0.1) is 18.0 Å². The molecule has 0 spiro atoms. The number of nitrogens with two attached hydrogens (primary N) is 2. The van der Waals surface area contributed by atoms with Crippen molar-refractivity contribution in [3.8, 4) is 0 Å². The summed E-state index contributed by atoms with van der Waals surface area (Å²) >= 11 is 0. The van der Waals surface area contributed by atoms with Crippen molar-refractivity contribution in [2.24, 2.45) is 11.6 Å². The molecule has 3 atom stereocenters. The minimum Gasteiger partial charge on any atom is -0.352 e. The summed E-state index contributed by atoms with van der Waals surface area (Å²) in [6.45, 7) is 2.02. The maximum atomic E-state index is 13.0. The van der Waals surface area contributed by atoms with E-state index in [4.69, 9.17) is 11.6 Å². The van der Waals surface area contributed by atoms with Crippen molar-refractivity contribution in [1.82, 2.24) is 16.1 Å². The Balaban J connectivity index is 0. The van der Waals surface area contributed by atoms with Crippen molar-refractivity contribution in [3.05, 3.63) is 65.7 Å². The van der Waals surface area contributed by atoms with E-state index in [1.807, 2.05) is 30.3 Å². The lowest BCUT2D eigenvalue weighted by Gasteiger charge is -2.21. The minimum atomic E-state index is -4.58. The predicted molar refractivity (Wildman–Crippen MR) is 151 cm³/mol. The standard InChI is InChI=1S/C24H31F3N6O3.3ClH/c1-15(14-30-29)31-21(34)13-19(28)22(35)33-20(11-10-16-6-3-2-4-7-16)23(36)32-18-9-5-8-17(12-18)24(25,26)27;;;/h2-9,12,15,19-20,30H,10-11,13-14,28-29H2,1H3,(H,31,34)(H,32,36)(H,33,35);3*1H/t15?,19-,20-;;;/m0.../s1. The average Bonchev–Trinajstić information content (AvgIpc) is 2.81. The molecule has 0 radical (unpaired) electrons. The number of hydrogen-bond donors (Lipinski definition) is 6. The highest BCUT2D eigenvalue weighted by Crippen LogP contribution is 2.30. The number of hydrazine groups is 1. The Kier molecular flexibility index (Phi) is 18.4. The lowest BCUT2D eigenvalue weighted by Crippen LogP contribution is -2.52. The number of rotatable bonds is 12. The molecule has 0 aromatic heterocycles. The highest BCUT2D eigenvalue weighted by atomic mass is 35.5. The summed E-state index contributed by atoms with van der Waals surface area (Å²) in [6.07, 6.45) is -4.35. The summed E-state index contributed by atoms with van der Waals surface area (Å²) < 4.78 is 39.1. The van der Waals surface area contributed by atoms with E-state index in [0.717, 1.165) is 17.7 Å². The van der Waals surface area contributed by atoms with Gasteiger partial charge in [-0.2, -0.15) is 13.2 Å². The Morgan fingerprint density at radius 1 is 0.923 bits per heavy atom. The van der Waals surface area contributed by atoms with Crippen molar-refractivity contribution in [3.63, 3.8) is 0 Å². The number of aryl methyl sites for hydroxylation is 1. The summed E-state index contributed by atoms with van der Waals surface area (Å²) in [4.78, 5) is 37.7. The van der Waals surface area contributed by atoms with Gasteiger partial charge in [-0.1, -0.05) is 36.4 Å². The van der Waals surface area contributed by atoms with Crippen molar-refractivity contribution in [1.29, 1.82) is 0 Å². The second kappa shape index (κ2) is 18.6. The van der Waals surface area contributed by atoms with Gasteiger partial charge < -0.3 is 21.7 Å². The third-order valence-electron chi connectivity index (χ3n) is 5.23. The van der Waals surface area contributed by atoms with E-state index < -0.39 is 41.5 Å². The molecule has 2 rings (SSSR count). The molecule has 1 unspecified atom stereocenters. The first-order chi connectivity index (χ1) is 17.0. The van der Waals surface area contributed by atoms with E-state index in [0.29, 0.717) is 13.0 Å². The van der Waals surface area contributed by atoms with E-state index in [1.54, 1.807) is 6.92 Å². The zero-order valence-corrected chi connectivity index (χ0v) is 23.4. The van der Waals surface area contributed by atoms with Crippen LogP contribution in [0.1, 0.15) is 30.9 Å². The Labute approximate surface area is 243 Å². The van der Waals surface area contributed by atoms with Crippen LogP contribution < -0.4 is 33.0 Å². The van der Waals surface area contributed by atoms with Gasteiger partial charge in [-0.3, -0.25) is 25.7 Å². The van der Waals surface area contributed by atoms with Crippen LogP contribution in [0.5, 0.6) is 0 Å². The van der Waals surface area contributed by atoms with Crippen LogP contribution in [0.15, 0.2) is 54.6 Å². The Hall–Kier alpha value is -2.61. The molecule has 0 aliphatic carbocycles. The normalized spacial score (nSPS) is 12.8. The molecule has 0 heterocycles. The molecular formula is C24H34Cl3F3N6O3. The van der Waals surface area contributed by atoms with Crippen LogP contribution in [-0.2, 0) is 27.0 Å². The maximum Gasteiger partial charge on any atom is 0.416 e. The highest BCUT2D eigenvalue weighted by molar-refractivity contribution is 5.98. The van der Waals surface area contributed by atoms with Crippen LogP contribution in [0.3, 0.4) is 0 Å². The first kappa shape index (κ1) is 38.5. The fraction of sp³-hybridized carbons (Fsp3) is 0.375. The van der Waals surface area contributed by atoms with Crippen LogP contribution in [0, 0.1) is 0 Å². The Morgan fingerprint density at radius 2 is 1.56 bits per heavy atom. The molecule has 8 N–H and O–H groups in total. The van der Waals surface area contributed by atoms with Gasteiger partial charge in [-0.25, -0.2) is 0 Å². The highest BCUT2D eigenvalue weighted by Gasteiger charge is 2.31. The molecule has 2 aromatic carbocycles. The van der Waals surface area contributed by atoms with Gasteiger partial charge in [0.25, 0.3) is 0 Å². The van der Waals surface area contributed by atoms with E-state index >= 15 is 0 Å². The molecular weight excluding hydrogens is 584 g/mol. The first-order valence-corrected chi connectivity index (χ1v) is 11.3. The van der Waals surface area contributed by atoms with Crippen LogP contribution in [-0.4, -0.2) is 42.4 Å². The zero-order valence-electron chi connectivity index (χ0n) is 21.0. The molecule has 0 aliphatic heterocycles. The number of alkyl halides is 3. The van der Waals surface area contributed by atoms with Gasteiger partial charge >= 0.3 is 6.18 Å². The van der Waals surface area contributed by atoms with Gasteiger partial charge in [0, 0.05) is 18.3 Å². The molecule has 15 heteroatoms. The van der Waals surface area contributed by atoms with Crippen molar-refractivity contribution in [2.45, 2.75) is 50.5 Å². The van der Waals surface area contributed by atoms with E-state index in [9.17, 15) is 27.6 Å². The molecule has 39 heavy (non-hydrogen) atoms. The number of nitrogens with one attached hydrogen (secondary N) is 4. The fourth-order valence-electron chi connectivity index (χ4n) is 3.36. The maximum absolute atomic E-state index is 13.0.